The van der Waals surface area contributed by atoms with Crippen molar-refractivity contribution in [1.29, 1.82) is 0 Å². The molecule has 61 heavy (non-hydrogen) atoms. The maximum Gasteiger partial charge on any atom is 0.472 e. The van der Waals surface area contributed by atoms with E-state index >= 15 is 0 Å². The molecular formula is C50H95NO9P+. The fourth-order valence-corrected chi connectivity index (χ4v) is 8.05. The van der Waals surface area contributed by atoms with Crippen LogP contribution >= 0.6 is 7.82 Å². The van der Waals surface area contributed by atoms with Gasteiger partial charge in [-0.15, -0.1) is 0 Å². The molecule has 10 nitrogen and oxygen atoms in total. The number of nitrogens with zero attached hydrogens (tertiary/aromatic N) is 1. The molecule has 0 aromatic carbocycles. The molecule has 0 saturated carbocycles. The smallest absolute Gasteiger partial charge is 0.462 e. The molecule has 1 aliphatic heterocycles. The van der Waals surface area contributed by atoms with E-state index in [9.17, 15) is 19.0 Å². The summed E-state index contributed by atoms with van der Waals surface area (Å²) < 4.78 is 40.2. The van der Waals surface area contributed by atoms with Crippen molar-refractivity contribution in [2.24, 2.45) is 0 Å². The van der Waals surface area contributed by atoms with Crippen LogP contribution in [0.4, 0.5) is 0 Å². The molecule has 0 amide bonds. The SMILES string of the molecule is CCCCCCCC/C=C\CCCCCCCCCCCCCC(=O)O[C@H](COC(=O)CCCCCCC/C=C\CC1OC1CCCCC)COP(=O)(O)OCC[N+](C)(C)C. The largest absolute Gasteiger partial charge is 0.472 e. The number of carbonyl (C=O) groups excluding carboxylic acids is 2. The van der Waals surface area contributed by atoms with E-state index in [-0.39, 0.29) is 32.0 Å². The number of rotatable bonds is 45. The highest BCUT2D eigenvalue weighted by atomic mass is 31.2. The molecule has 0 aromatic heterocycles. The van der Waals surface area contributed by atoms with E-state index in [1.165, 1.54) is 122 Å². The van der Waals surface area contributed by atoms with Gasteiger partial charge in [-0.2, -0.15) is 0 Å². The fourth-order valence-electron chi connectivity index (χ4n) is 7.31. The number of allylic oxidation sites excluding steroid dienone is 3. The first-order chi connectivity index (χ1) is 29.5. The lowest BCUT2D eigenvalue weighted by Crippen LogP contribution is -2.37. The van der Waals surface area contributed by atoms with Gasteiger partial charge in [0, 0.05) is 12.8 Å². The third kappa shape index (κ3) is 39.8. The number of epoxide rings is 1. The van der Waals surface area contributed by atoms with Crippen molar-refractivity contribution >= 4 is 19.8 Å². The summed E-state index contributed by atoms with van der Waals surface area (Å²) in [4.78, 5) is 35.5. The molecule has 1 fully saturated rings. The zero-order chi connectivity index (χ0) is 44.7. The molecule has 4 atom stereocenters. The first-order valence-electron chi connectivity index (χ1n) is 25.2. The maximum absolute atomic E-state index is 12.8. The van der Waals surface area contributed by atoms with E-state index in [4.69, 9.17) is 23.3 Å². The summed E-state index contributed by atoms with van der Waals surface area (Å²) in [5.41, 5.74) is 0. The van der Waals surface area contributed by atoms with E-state index in [2.05, 4.69) is 38.2 Å². The zero-order valence-corrected chi connectivity index (χ0v) is 41.0. The van der Waals surface area contributed by atoms with Crippen LogP contribution < -0.4 is 0 Å². The zero-order valence-electron chi connectivity index (χ0n) is 40.1. The van der Waals surface area contributed by atoms with Crippen LogP contribution in [0.2, 0.25) is 0 Å². The first kappa shape index (κ1) is 57.5. The van der Waals surface area contributed by atoms with Crippen molar-refractivity contribution < 1.29 is 46.8 Å². The molecule has 0 aromatic rings. The van der Waals surface area contributed by atoms with Crippen molar-refractivity contribution in [1.82, 2.24) is 0 Å². The van der Waals surface area contributed by atoms with Gasteiger partial charge in [-0.25, -0.2) is 4.57 Å². The third-order valence-corrected chi connectivity index (χ3v) is 12.4. The number of hydrogen-bond donors (Lipinski definition) is 1. The van der Waals surface area contributed by atoms with Gasteiger partial charge in [0.1, 0.15) is 19.8 Å². The standard InChI is InChI=1S/C50H94NO9P/c1-6-8-10-11-12-13-14-15-16-17-18-19-20-21-22-23-24-25-30-33-37-41-50(53)59-46(45-58-61(54,55)57-43-42-51(3,4)5)44-56-49(52)40-36-32-29-27-26-28-31-35-39-48-47(60-48)38-34-9-7-2/h15-16,31,35,46-48H,6-14,17-30,32-34,36-45H2,1-5H3/p+1/b16-15-,35-31-/t46-,47?,48?/m1/s1. The number of carbonyl (C=O) groups is 2. The molecular weight excluding hydrogens is 790 g/mol. The van der Waals surface area contributed by atoms with Crippen LogP contribution in [0.5, 0.6) is 0 Å². The minimum absolute atomic E-state index is 0.0282. The predicted octanol–water partition coefficient (Wildman–Crippen LogP) is 13.7. The lowest BCUT2D eigenvalue weighted by molar-refractivity contribution is -0.870. The van der Waals surface area contributed by atoms with Gasteiger partial charge in [0.05, 0.1) is 40.0 Å². The summed E-state index contributed by atoms with van der Waals surface area (Å²) in [7, 11) is 1.47. The fraction of sp³-hybridized carbons (Fsp3) is 0.880. The van der Waals surface area contributed by atoms with Crippen LogP contribution in [-0.2, 0) is 37.4 Å². The topological polar surface area (TPSA) is 121 Å². The van der Waals surface area contributed by atoms with Crippen molar-refractivity contribution in [3.63, 3.8) is 0 Å². The highest BCUT2D eigenvalue weighted by molar-refractivity contribution is 7.47. The van der Waals surface area contributed by atoms with E-state index in [1.807, 2.05) is 21.1 Å². The van der Waals surface area contributed by atoms with Gasteiger partial charge in [0.25, 0.3) is 0 Å². The Hall–Kier alpha value is -1.55. The molecule has 1 N–H and O–H groups in total. The number of phosphoric acid groups is 1. The number of unbranched alkanes of at least 4 members (excludes halogenated alkanes) is 24. The van der Waals surface area contributed by atoms with Crippen LogP contribution in [-0.4, -0.2) is 87.1 Å². The minimum atomic E-state index is -4.38. The highest BCUT2D eigenvalue weighted by Crippen LogP contribution is 2.43. The first-order valence-corrected chi connectivity index (χ1v) is 26.7. The second-order valence-electron chi connectivity index (χ2n) is 18.6. The Labute approximate surface area is 374 Å². The Morgan fingerprint density at radius 3 is 1.57 bits per heavy atom. The van der Waals surface area contributed by atoms with Gasteiger partial charge >= 0.3 is 19.8 Å². The van der Waals surface area contributed by atoms with Crippen LogP contribution in [0.1, 0.15) is 219 Å². The maximum atomic E-state index is 12.8. The Balaban J connectivity index is 2.21. The van der Waals surface area contributed by atoms with Crippen LogP contribution in [0, 0.1) is 0 Å². The quantitative estimate of drug-likeness (QED) is 0.0159. The van der Waals surface area contributed by atoms with Gasteiger partial charge in [0.15, 0.2) is 6.10 Å². The summed E-state index contributed by atoms with van der Waals surface area (Å²) in [5, 5.41) is 0. The van der Waals surface area contributed by atoms with E-state index in [1.54, 1.807) is 0 Å². The van der Waals surface area contributed by atoms with Gasteiger partial charge in [-0.1, -0.05) is 167 Å². The molecule has 358 valence electrons. The second kappa shape index (κ2) is 38.9. The summed E-state index contributed by atoms with van der Waals surface area (Å²) >= 11 is 0. The number of likely N-dealkylation sites (N-methyl/N-ethyl adjacent to an activating group) is 1. The Morgan fingerprint density at radius 2 is 1.05 bits per heavy atom. The summed E-state index contributed by atoms with van der Waals surface area (Å²) in [6.45, 7) is 4.39. The molecule has 0 bridgehead atoms. The van der Waals surface area contributed by atoms with Gasteiger partial charge in [0.2, 0.25) is 0 Å². The Bertz CT molecular complexity index is 1160. The van der Waals surface area contributed by atoms with E-state index in [0.717, 1.165) is 64.2 Å². The van der Waals surface area contributed by atoms with E-state index < -0.39 is 26.5 Å². The van der Waals surface area contributed by atoms with Crippen LogP contribution in [0.15, 0.2) is 24.3 Å². The highest BCUT2D eigenvalue weighted by Gasteiger charge is 2.36. The summed E-state index contributed by atoms with van der Waals surface area (Å²) in [6.07, 6.45) is 45.4. The Morgan fingerprint density at radius 1 is 0.590 bits per heavy atom. The minimum Gasteiger partial charge on any atom is -0.462 e. The second-order valence-corrected chi connectivity index (χ2v) is 20.0. The number of hydrogen-bond acceptors (Lipinski definition) is 8. The molecule has 1 heterocycles. The van der Waals surface area contributed by atoms with Crippen LogP contribution in [0.3, 0.4) is 0 Å². The molecule has 1 saturated heterocycles. The number of phosphoric ester groups is 1. The Kier molecular flexibility index (Phi) is 36.6. The molecule has 3 unspecified atom stereocenters. The van der Waals surface area contributed by atoms with Crippen molar-refractivity contribution in [3.8, 4) is 0 Å². The molecule has 0 spiro atoms. The van der Waals surface area contributed by atoms with Crippen molar-refractivity contribution in [3.05, 3.63) is 24.3 Å². The lowest BCUT2D eigenvalue weighted by atomic mass is 10.0. The van der Waals surface area contributed by atoms with Gasteiger partial charge < -0.3 is 23.6 Å². The molecule has 1 aliphatic rings. The predicted molar refractivity (Wildman–Crippen MR) is 252 cm³/mol. The lowest BCUT2D eigenvalue weighted by Gasteiger charge is -2.24. The monoisotopic (exact) mass is 885 g/mol. The third-order valence-electron chi connectivity index (χ3n) is 11.4. The average molecular weight is 885 g/mol. The van der Waals surface area contributed by atoms with Gasteiger partial charge in [-0.05, 0) is 64.2 Å². The number of ether oxygens (including phenoxy) is 3. The summed E-state index contributed by atoms with van der Waals surface area (Å²) in [5.74, 6) is -0.814. The average Bonchev–Trinajstić information content (AvgIpc) is 3.97. The molecule has 11 heteroatoms. The summed E-state index contributed by atoms with van der Waals surface area (Å²) in [6, 6.07) is 0. The van der Waals surface area contributed by atoms with Crippen molar-refractivity contribution in [2.75, 3.05) is 47.5 Å². The number of quaternary nitrogens is 1. The van der Waals surface area contributed by atoms with Crippen LogP contribution in [0.25, 0.3) is 0 Å². The van der Waals surface area contributed by atoms with Gasteiger partial charge in [-0.3, -0.25) is 18.6 Å². The van der Waals surface area contributed by atoms with E-state index in [0.29, 0.717) is 29.7 Å². The molecule has 0 aliphatic carbocycles. The molecule has 0 radical (unpaired) electrons. The molecule has 1 rings (SSSR count). The normalized spacial score (nSPS) is 17.0. The number of esters is 2. The van der Waals surface area contributed by atoms with Crippen molar-refractivity contribution in [2.45, 2.75) is 238 Å².